The van der Waals surface area contributed by atoms with Gasteiger partial charge in [0.05, 0.1) is 18.3 Å². The Morgan fingerprint density at radius 2 is 1.87 bits per heavy atom. The van der Waals surface area contributed by atoms with Crippen LogP contribution in [0.3, 0.4) is 0 Å². The predicted molar refractivity (Wildman–Crippen MR) is 48.8 cm³/mol. The molecule has 82 valence electrons. The number of nitrogens with zero attached hydrogens (tertiary/aromatic N) is 1. The molecule has 6 heteroatoms. The average Bonchev–Trinajstić information content (AvgIpc) is 2.66. The molecule has 2 aliphatic heterocycles. The lowest BCUT2D eigenvalue weighted by Gasteiger charge is -2.14. The Morgan fingerprint density at radius 3 is 2.33 bits per heavy atom. The van der Waals surface area contributed by atoms with Crippen molar-refractivity contribution in [3.63, 3.8) is 0 Å². The highest BCUT2D eigenvalue weighted by molar-refractivity contribution is 6.05. The molecule has 2 amide bonds. The van der Waals surface area contributed by atoms with Crippen LogP contribution in [0.2, 0.25) is 0 Å². The smallest absolute Gasteiger partial charge is 0.304 e. The molecule has 0 radical (unpaired) electrons. The van der Waals surface area contributed by atoms with E-state index < -0.39 is 5.97 Å². The predicted octanol–water partition coefficient (Wildman–Crippen LogP) is -1.33. The second-order valence-corrected chi connectivity index (χ2v) is 3.97. The van der Waals surface area contributed by atoms with Crippen molar-refractivity contribution < 1.29 is 19.5 Å². The number of amides is 2. The molecule has 0 spiro atoms. The van der Waals surface area contributed by atoms with E-state index in [-0.39, 0.29) is 30.1 Å². The van der Waals surface area contributed by atoms with Crippen LogP contribution in [0, 0.1) is 11.8 Å². The van der Waals surface area contributed by atoms with E-state index in [0.29, 0.717) is 19.6 Å². The monoisotopic (exact) mass is 212 g/mol. The van der Waals surface area contributed by atoms with E-state index in [1.807, 2.05) is 4.90 Å². The minimum absolute atomic E-state index is 0.0508. The van der Waals surface area contributed by atoms with E-state index in [4.69, 9.17) is 5.11 Å². The minimum atomic E-state index is -0.858. The zero-order valence-corrected chi connectivity index (χ0v) is 8.10. The second kappa shape index (κ2) is 3.62. The molecule has 0 aliphatic carbocycles. The van der Waals surface area contributed by atoms with Gasteiger partial charge in [-0.15, -0.1) is 0 Å². The summed E-state index contributed by atoms with van der Waals surface area (Å²) in [6.07, 6.45) is 0.0508. The number of imide groups is 1. The third-order valence-electron chi connectivity index (χ3n) is 2.96. The molecular weight excluding hydrogens is 200 g/mol. The fourth-order valence-electron chi connectivity index (χ4n) is 2.16. The van der Waals surface area contributed by atoms with Gasteiger partial charge >= 0.3 is 5.97 Å². The number of carboxylic acids is 1. The standard InChI is InChI=1S/C9H12N2O4/c12-7(13)1-2-11-3-5-6(4-11)9(15)10-8(5)14/h5-6H,1-4H2,(H,12,13)(H,10,14,15). The van der Waals surface area contributed by atoms with Crippen molar-refractivity contribution in [3.8, 4) is 0 Å². The molecular formula is C9H12N2O4. The molecule has 0 saturated carbocycles. The first-order valence-corrected chi connectivity index (χ1v) is 4.87. The highest BCUT2D eigenvalue weighted by Gasteiger charge is 2.47. The largest absolute Gasteiger partial charge is 0.481 e. The number of nitrogens with one attached hydrogen (secondary N) is 1. The van der Waals surface area contributed by atoms with Gasteiger partial charge in [-0.25, -0.2) is 0 Å². The maximum Gasteiger partial charge on any atom is 0.304 e. The van der Waals surface area contributed by atoms with Gasteiger partial charge < -0.3 is 10.0 Å². The third-order valence-corrected chi connectivity index (χ3v) is 2.96. The summed E-state index contributed by atoms with van der Waals surface area (Å²) in [7, 11) is 0. The third kappa shape index (κ3) is 1.85. The number of fused-ring (bicyclic) bond motifs is 1. The molecule has 0 bridgehead atoms. The molecule has 2 fully saturated rings. The normalized spacial score (nSPS) is 30.4. The Balaban J connectivity index is 1.92. The summed E-state index contributed by atoms with van der Waals surface area (Å²) in [5.74, 6) is -1.84. The summed E-state index contributed by atoms with van der Waals surface area (Å²) < 4.78 is 0. The minimum Gasteiger partial charge on any atom is -0.481 e. The fraction of sp³-hybridized carbons (Fsp3) is 0.667. The van der Waals surface area contributed by atoms with Crippen molar-refractivity contribution in [2.75, 3.05) is 19.6 Å². The second-order valence-electron chi connectivity index (χ2n) is 3.97. The van der Waals surface area contributed by atoms with E-state index in [9.17, 15) is 14.4 Å². The Morgan fingerprint density at radius 1 is 1.33 bits per heavy atom. The van der Waals surface area contributed by atoms with Crippen molar-refractivity contribution in [1.82, 2.24) is 10.2 Å². The Labute approximate surface area is 86.2 Å². The maximum absolute atomic E-state index is 11.3. The highest BCUT2D eigenvalue weighted by atomic mass is 16.4. The van der Waals surface area contributed by atoms with Crippen LogP contribution >= 0.6 is 0 Å². The molecule has 2 aliphatic rings. The summed E-state index contributed by atoms with van der Waals surface area (Å²) in [6, 6.07) is 0. The first-order valence-electron chi connectivity index (χ1n) is 4.87. The molecule has 0 aromatic carbocycles. The lowest BCUT2D eigenvalue weighted by atomic mass is 10.00. The lowest BCUT2D eigenvalue weighted by Crippen LogP contribution is -2.32. The SMILES string of the molecule is O=C(O)CCN1CC2C(=O)NC(=O)C2C1. The summed E-state index contributed by atoms with van der Waals surface area (Å²) in [6.45, 7) is 1.40. The number of hydrogen-bond donors (Lipinski definition) is 2. The Kier molecular flexibility index (Phi) is 2.44. The molecule has 2 atom stereocenters. The first kappa shape index (κ1) is 10.1. The molecule has 2 unspecified atom stereocenters. The van der Waals surface area contributed by atoms with Crippen LogP contribution < -0.4 is 5.32 Å². The molecule has 6 nitrogen and oxygen atoms in total. The number of likely N-dealkylation sites (tertiary alicyclic amines) is 1. The zero-order chi connectivity index (χ0) is 11.0. The van der Waals surface area contributed by atoms with Crippen molar-refractivity contribution >= 4 is 17.8 Å². The number of hydrogen-bond acceptors (Lipinski definition) is 4. The quantitative estimate of drug-likeness (QED) is 0.566. The van der Waals surface area contributed by atoms with Crippen LogP contribution in [-0.4, -0.2) is 47.4 Å². The van der Waals surface area contributed by atoms with Crippen molar-refractivity contribution in [3.05, 3.63) is 0 Å². The number of rotatable bonds is 3. The van der Waals surface area contributed by atoms with Gasteiger partial charge in [0, 0.05) is 19.6 Å². The van der Waals surface area contributed by atoms with Crippen LogP contribution in [0.1, 0.15) is 6.42 Å². The van der Waals surface area contributed by atoms with E-state index in [1.54, 1.807) is 0 Å². The first-order chi connectivity index (χ1) is 7.08. The Bertz CT molecular complexity index is 306. The molecule has 2 N–H and O–H groups in total. The van der Waals surface area contributed by atoms with Crippen LogP contribution in [0.5, 0.6) is 0 Å². The van der Waals surface area contributed by atoms with Gasteiger partial charge in [0.1, 0.15) is 0 Å². The zero-order valence-electron chi connectivity index (χ0n) is 8.10. The molecule has 2 heterocycles. The van der Waals surface area contributed by atoms with E-state index >= 15 is 0 Å². The molecule has 2 rings (SSSR count). The van der Waals surface area contributed by atoms with Crippen molar-refractivity contribution in [2.45, 2.75) is 6.42 Å². The number of carbonyl (C=O) groups is 3. The van der Waals surface area contributed by atoms with Crippen LogP contribution in [0.15, 0.2) is 0 Å². The molecule has 2 saturated heterocycles. The van der Waals surface area contributed by atoms with Crippen LogP contribution in [0.25, 0.3) is 0 Å². The number of carbonyl (C=O) groups excluding carboxylic acids is 2. The van der Waals surface area contributed by atoms with Crippen molar-refractivity contribution in [2.24, 2.45) is 11.8 Å². The topological polar surface area (TPSA) is 86.7 Å². The van der Waals surface area contributed by atoms with Gasteiger partial charge in [-0.05, 0) is 0 Å². The fourth-order valence-corrected chi connectivity index (χ4v) is 2.16. The number of carboxylic acid groups (broad SMARTS) is 1. The van der Waals surface area contributed by atoms with E-state index in [2.05, 4.69) is 5.32 Å². The van der Waals surface area contributed by atoms with Gasteiger partial charge in [-0.2, -0.15) is 0 Å². The van der Waals surface area contributed by atoms with Gasteiger partial charge in [-0.3, -0.25) is 19.7 Å². The Hall–Kier alpha value is -1.43. The molecule has 15 heavy (non-hydrogen) atoms. The average molecular weight is 212 g/mol. The van der Waals surface area contributed by atoms with Gasteiger partial charge in [0.2, 0.25) is 11.8 Å². The van der Waals surface area contributed by atoms with Gasteiger partial charge in [0.25, 0.3) is 0 Å². The summed E-state index contributed by atoms with van der Waals surface area (Å²) in [4.78, 5) is 34.8. The maximum atomic E-state index is 11.3. The summed E-state index contributed by atoms with van der Waals surface area (Å²) in [5, 5.41) is 10.8. The lowest BCUT2D eigenvalue weighted by molar-refractivity contribution is -0.137. The summed E-state index contributed by atoms with van der Waals surface area (Å²) >= 11 is 0. The van der Waals surface area contributed by atoms with Crippen LogP contribution in [0.4, 0.5) is 0 Å². The molecule has 0 aromatic heterocycles. The summed E-state index contributed by atoms with van der Waals surface area (Å²) in [5.41, 5.74) is 0. The van der Waals surface area contributed by atoms with Crippen LogP contribution in [-0.2, 0) is 14.4 Å². The number of aliphatic carboxylic acids is 1. The van der Waals surface area contributed by atoms with Gasteiger partial charge in [0.15, 0.2) is 0 Å². The highest BCUT2D eigenvalue weighted by Crippen LogP contribution is 2.28. The molecule has 0 aromatic rings. The van der Waals surface area contributed by atoms with Crippen molar-refractivity contribution in [1.29, 1.82) is 0 Å². The van der Waals surface area contributed by atoms with E-state index in [0.717, 1.165) is 0 Å². The van der Waals surface area contributed by atoms with Gasteiger partial charge in [-0.1, -0.05) is 0 Å². The van der Waals surface area contributed by atoms with E-state index in [1.165, 1.54) is 0 Å².